The standard InChI is InChI=1S/8CO.2CH4S.2Mn/c10*1-2;;/h;;;;;;;;2*2H,1H3;;/p+2. The first kappa shape index (κ1) is 99.1. The molecule has 0 aromatic carbocycles. The van der Waals surface area contributed by atoms with Crippen molar-refractivity contribution in [1.82, 2.24) is 0 Å². The number of hydrogen-bond donors (Lipinski definition) is 0. The first-order valence-corrected chi connectivity index (χ1v) is 4.63. The van der Waals surface area contributed by atoms with Gasteiger partial charge in [0.1, 0.15) is 0 Å². The van der Waals surface area contributed by atoms with Crippen LogP contribution in [-0.4, -0.2) is 12.5 Å². The molecule has 0 atom stereocenters. The third-order valence-corrected chi connectivity index (χ3v) is 0. The maximum absolute atomic E-state index is 7.50. The summed E-state index contributed by atoms with van der Waals surface area (Å²) in [6.07, 6.45) is 3.61. The smallest absolute Gasteiger partial charge is 0 e. The molecule has 0 saturated carbocycles. The third-order valence-electron chi connectivity index (χ3n) is 0. The van der Waals surface area contributed by atoms with Crippen molar-refractivity contribution in [2.24, 2.45) is 0 Å². The summed E-state index contributed by atoms with van der Waals surface area (Å²) in [5.74, 6) is 0. The van der Waals surface area contributed by atoms with Crippen molar-refractivity contribution in [3.05, 3.63) is 53.2 Å². The van der Waals surface area contributed by atoms with Crippen molar-refractivity contribution in [2.45, 2.75) is 0 Å². The Morgan fingerprint density at radius 1 is 0.318 bits per heavy atom. The topological polar surface area (TPSA) is 159 Å². The van der Waals surface area contributed by atoms with E-state index in [9.17, 15) is 0 Å². The molecule has 0 heterocycles. The molecule has 0 aliphatic rings. The van der Waals surface area contributed by atoms with Crippen LogP contribution in [0.1, 0.15) is 0 Å². The molecule has 0 amide bonds. The molecule has 0 spiro atoms. The van der Waals surface area contributed by atoms with E-state index in [1.54, 1.807) is 12.5 Å². The van der Waals surface area contributed by atoms with Crippen LogP contribution in [0.15, 0.2) is 0 Å². The predicted molar refractivity (Wildman–Crippen MR) is 63.6 cm³/mol. The second-order valence-electron chi connectivity index (χ2n) is 0. The average molecular weight is 432 g/mol. The quantitative estimate of drug-likeness (QED) is 0.260. The summed E-state index contributed by atoms with van der Waals surface area (Å²) in [4.78, 5) is 0. The van der Waals surface area contributed by atoms with Crippen LogP contribution in [0.3, 0.4) is 0 Å². The SMILES string of the molecule is C[SH2+].C[SH2+].[C-]#[O+].[C-]#[O+].[C-]#[O+].[C-]#[O+].[C-]#[O+].[C-]#[O+].[C-]#[O+].[C-]#[O+].[Mn].[Mn]. The van der Waals surface area contributed by atoms with E-state index in [-0.39, 0.29) is 34.1 Å². The minimum atomic E-state index is 0. The Kier molecular flexibility index (Phi) is 309000. The molecule has 0 unspecified atom stereocenters. The molecule has 0 aromatic heterocycles. The Labute approximate surface area is 162 Å². The van der Waals surface area contributed by atoms with E-state index < -0.39 is 0 Å². The first-order chi connectivity index (χ1) is 10.0. The molecule has 0 bridgehead atoms. The Balaban J connectivity index is -0.00000000500. The molecule has 122 valence electrons. The summed E-state index contributed by atoms with van der Waals surface area (Å²) in [7, 11) is 0. The molecular weight excluding hydrogens is 422 g/mol. The summed E-state index contributed by atoms with van der Waals surface area (Å²) < 4.78 is 60.0. The van der Waals surface area contributed by atoms with Gasteiger partial charge in [-0.25, -0.2) is 0 Å². The van der Waals surface area contributed by atoms with Crippen molar-refractivity contribution in [1.29, 1.82) is 0 Å². The van der Waals surface area contributed by atoms with Crippen LogP contribution < -0.4 is 0 Å². The van der Waals surface area contributed by atoms with Crippen LogP contribution in [0.2, 0.25) is 0 Å². The maximum Gasteiger partial charge on any atom is 0 e. The molecule has 0 aliphatic carbocycles. The van der Waals surface area contributed by atoms with E-state index in [1.807, 2.05) is 0 Å². The third kappa shape index (κ3) is 58800. The molecule has 0 fully saturated rings. The molecular formula is C10H10Mn2O8S2+2. The van der Waals surface area contributed by atoms with Crippen LogP contribution in [0, 0.1) is 53.2 Å². The molecule has 2 radical (unpaired) electrons. The van der Waals surface area contributed by atoms with E-state index in [0.29, 0.717) is 0 Å². The van der Waals surface area contributed by atoms with Crippen molar-refractivity contribution in [2.75, 3.05) is 12.5 Å². The molecule has 22 heavy (non-hydrogen) atoms. The maximum atomic E-state index is 7.50. The molecule has 0 saturated heterocycles. The van der Waals surface area contributed by atoms with Gasteiger partial charge in [0.05, 0.1) is 12.5 Å². The van der Waals surface area contributed by atoms with E-state index in [1.165, 1.54) is 0 Å². The fourth-order valence-corrected chi connectivity index (χ4v) is 0. The van der Waals surface area contributed by atoms with Crippen LogP contribution in [0.25, 0.3) is 0 Å². The van der Waals surface area contributed by atoms with Gasteiger partial charge in [-0.2, -0.15) is 0 Å². The zero-order chi connectivity index (χ0) is 20.0. The fourth-order valence-electron chi connectivity index (χ4n) is 0. The average Bonchev–Trinajstić information content (AvgIpc) is 2.71. The first-order valence-electron chi connectivity index (χ1n) is 2.63. The van der Waals surface area contributed by atoms with Gasteiger partial charge in [-0.3, -0.25) is 0 Å². The molecule has 0 aromatic rings. The van der Waals surface area contributed by atoms with Crippen molar-refractivity contribution in [3.8, 4) is 0 Å². The van der Waals surface area contributed by atoms with Crippen LogP contribution in [0.4, 0.5) is 0 Å². The molecule has 8 nitrogen and oxygen atoms in total. The van der Waals surface area contributed by atoms with Gasteiger partial charge in [0, 0.05) is 34.1 Å². The normalized spacial score (nSPS) is 1.27. The monoisotopic (exact) mass is 432 g/mol. The summed E-state index contributed by atoms with van der Waals surface area (Å²) in [5, 5.41) is 0. The van der Waals surface area contributed by atoms with Gasteiger partial charge in [0.15, 0.2) is 0 Å². The Morgan fingerprint density at radius 3 is 0.318 bits per heavy atom. The van der Waals surface area contributed by atoms with Gasteiger partial charge in [0.25, 0.3) is 0 Å². The summed E-state index contributed by atoms with van der Waals surface area (Å²) in [5.41, 5.74) is 0. The van der Waals surface area contributed by atoms with Gasteiger partial charge in [0.2, 0.25) is 0 Å². The number of hydrogen-bond acceptors (Lipinski definition) is 0. The minimum Gasteiger partial charge on any atom is 0 e. The van der Waals surface area contributed by atoms with E-state index in [4.69, 9.17) is 37.2 Å². The van der Waals surface area contributed by atoms with Crippen molar-refractivity contribution in [3.63, 3.8) is 0 Å². The Hall–Kier alpha value is -0.341. The molecule has 0 N–H and O–H groups in total. The second kappa shape index (κ2) is 68600. The zero-order valence-electron chi connectivity index (χ0n) is 11.0. The van der Waals surface area contributed by atoms with Gasteiger partial charge < -0.3 is 0 Å². The fraction of sp³-hybridized carbons (Fsp3) is 0.200. The van der Waals surface area contributed by atoms with Crippen molar-refractivity contribution < 1.29 is 71.4 Å². The Morgan fingerprint density at radius 2 is 0.318 bits per heavy atom. The van der Waals surface area contributed by atoms with Gasteiger partial charge in [-0.15, -0.1) is 0 Å². The van der Waals surface area contributed by atoms with Crippen LogP contribution >= 0.6 is 0 Å². The predicted octanol–water partition coefficient (Wildman–Crippen LogP) is -1.05. The van der Waals surface area contributed by atoms with Crippen LogP contribution in [-0.2, 0) is 96.6 Å². The zero-order valence-corrected chi connectivity index (χ0v) is 15.4. The van der Waals surface area contributed by atoms with Crippen LogP contribution in [0.5, 0.6) is 0 Å². The largest absolute Gasteiger partial charge is 0 e. The molecule has 0 rings (SSSR count). The molecule has 0 aliphatic heterocycles. The summed E-state index contributed by atoms with van der Waals surface area (Å²) >= 11 is 5.94. The van der Waals surface area contributed by atoms with E-state index in [2.05, 4.69) is 78.5 Å². The second-order valence-corrected chi connectivity index (χ2v) is 0. The summed E-state index contributed by atoms with van der Waals surface area (Å²) in [6, 6.07) is 0. The van der Waals surface area contributed by atoms with Gasteiger partial charge >= 0.3 is 90.4 Å². The molecule has 12 heteroatoms. The summed E-state index contributed by atoms with van der Waals surface area (Å²) in [6.45, 7) is 36.0. The number of rotatable bonds is 0. The van der Waals surface area contributed by atoms with E-state index in [0.717, 1.165) is 0 Å². The van der Waals surface area contributed by atoms with Gasteiger partial charge in [-0.1, -0.05) is 0 Å². The van der Waals surface area contributed by atoms with Crippen molar-refractivity contribution >= 4 is 25.3 Å². The van der Waals surface area contributed by atoms with Gasteiger partial charge in [-0.05, 0) is 25.3 Å². The Bertz CT molecular complexity index is 147. The van der Waals surface area contributed by atoms with E-state index >= 15 is 0 Å². The minimum absolute atomic E-state index is 0.